The predicted octanol–water partition coefficient (Wildman–Crippen LogP) is 3.17. The summed E-state index contributed by atoms with van der Waals surface area (Å²) in [6, 6.07) is 10.0. The quantitative estimate of drug-likeness (QED) is 0.331. The largest absolute Gasteiger partial charge is 0.357 e. The Morgan fingerprint density at radius 2 is 1.96 bits per heavy atom. The van der Waals surface area contributed by atoms with Gasteiger partial charge in [0, 0.05) is 30.7 Å². The number of hydrogen-bond acceptors (Lipinski definition) is 4. The molecule has 0 unspecified atom stereocenters. The summed E-state index contributed by atoms with van der Waals surface area (Å²) in [7, 11) is 0. The number of likely N-dealkylation sites (N-methyl/N-ethyl adjacent to an activating group) is 1. The number of aromatic nitrogens is 1. The number of halogens is 1. The molecule has 0 spiro atoms. The predicted molar refractivity (Wildman–Crippen MR) is 123 cm³/mol. The summed E-state index contributed by atoms with van der Waals surface area (Å²) < 4.78 is 0. The van der Waals surface area contributed by atoms with E-state index in [1.807, 2.05) is 62.2 Å². The molecule has 2 rings (SSSR count). The van der Waals surface area contributed by atoms with Gasteiger partial charge in [0.2, 0.25) is 5.91 Å². The average Bonchev–Trinajstić information content (AvgIpc) is 3.08. The molecule has 1 aromatic carbocycles. The third-order valence-corrected chi connectivity index (χ3v) is 4.66. The first-order valence-corrected chi connectivity index (χ1v) is 9.69. The van der Waals surface area contributed by atoms with Gasteiger partial charge >= 0.3 is 0 Å². The highest BCUT2D eigenvalue weighted by Crippen LogP contribution is 2.10. The molecule has 1 amide bonds. The summed E-state index contributed by atoms with van der Waals surface area (Å²) in [5.41, 5.74) is 1.12. The number of aryl methyl sites for hydroxylation is 1. The Balaban J connectivity index is 0.00000364. The fourth-order valence-electron chi connectivity index (χ4n) is 2.41. The fraction of sp³-hybridized carbons (Fsp3) is 0.421. The van der Waals surface area contributed by atoms with Gasteiger partial charge in [0.05, 0.1) is 6.54 Å². The van der Waals surface area contributed by atoms with Gasteiger partial charge in [-0.15, -0.1) is 35.3 Å². The molecule has 0 aliphatic rings. The molecule has 27 heavy (non-hydrogen) atoms. The van der Waals surface area contributed by atoms with Crippen molar-refractivity contribution in [3.8, 4) is 0 Å². The molecule has 1 aromatic heterocycles. The highest BCUT2D eigenvalue weighted by molar-refractivity contribution is 14.0. The van der Waals surface area contributed by atoms with Gasteiger partial charge < -0.3 is 15.5 Å². The lowest BCUT2D eigenvalue weighted by atomic mass is 10.2. The average molecular weight is 501 g/mol. The standard InChI is InChI=1S/C19H27N5OS.HI/c1-4-20-19(22-12-17-21-11-15(3)26-17)23-13-18(25)24(5-2)14-16-9-7-6-8-10-16;/h6-11H,4-5,12-14H2,1-3H3,(H2,20,22,23);1H. The van der Waals surface area contributed by atoms with E-state index in [2.05, 4.69) is 20.6 Å². The van der Waals surface area contributed by atoms with Crippen LogP contribution in [0.3, 0.4) is 0 Å². The van der Waals surface area contributed by atoms with E-state index >= 15 is 0 Å². The summed E-state index contributed by atoms with van der Waals surface area (Å²) in [5.74, 6) is 0.642. The SMILES string of the molecule is CCNC(=NCC(=O)N(CC)Cc1ccccc1)NCc1ncc(C)s1.I. The molecule has 0 bridgehead atoms. The second-order valence-corrected chi connectivity index (χ2v) is 7.13. The zero-order chi connectivity index (χ0) is 18.8. The number of hydrogen-bond donors (Lipinski definition) is 2. The van der Waals surface area contributed by atoms with Crippen molar-refractivity contribution in [1.29, 1.82) is 0 Å². The second-order valence-electron chi connectivity index (χ2n) is 5.81. The van der Waals surface area contributed by atoms with Crippen LogP contribution in [0.1, 0.15) is 29.3 Å². The fourth-order valence-corrected chi connectivity index (χ4v) is 3.14. The van der Waals surface area contributed by atoms with Crippen molar-refractivity contribution in [3.63, 3.8) is 0 Å². The molecule has 0 radical (unpaired) electrons. The number of aliphatic imine (C=N–C) groups is 1. The smallest absolute Gasteiger partial charge is 0.244 e. The van der Waals surface area contributed by atoms with Crippen molar-refractivity contribution < 1.29 is 4.79 Å². The van der Waals surface area contributed by atoms with E-state index in [1.165, 1.54) is 4.88 Å². The van der Waals surface area contributed by atoms with Gasteiger partial charge in [0.15, 0.2) is 5.96 Å². The van der Waals surface area contributed by atoms with Crippen molar-refractivity contribution in [2.75, 3.05) is 19.6 Å². The van der Waals surface area contributed by atoms with Crippen LogP contribution in [-0.4, -0.2) is 41.4 Å². The first kappa shape index (κ1) is 23.4. The Bertz CT molecular complexity index is 720. The van der Waals surface area contributed by atoms with Crippen LogP contribution >= 0.6 is 35.3 Å². The van der Waals surface area contributed by atoms with Gasteiger partial charge in [0.1, 0.15) is 11.6 Å². The minimum atomic E-state index is 0. The molecule has 148 valence electrons. The number of rotatable bonds is 8. The Morgan fingerprint density at radius 3 is 2.56 bits per heavy atom. The van der Waals surface area contributed by atoms with E-state index in [4.69, 9.17) is 0 Å². The monoisotopic (exact) mass is 501 g/mol. The van der Waals surface area contributed by atoms with Crippen LogP contribution in [0.5, 0.6) is 0 Å². The maximum atomic E-state index is 12.5. The number of nitrogens with one attached hydrogen (secondary N) is 2. The topological polar surface area (TPSA) is 69.6 Å². The van der Waals surface area contributed by atoms with Crippen molar-refractivity contribution in [1.82, 2.24) is 20.5 Å². The van der Waals surface area contributed by atoms with Crippen LogP contribution in [-0.2, 0) is 17.9 Å². The molecule has 0 saturated carbocycles. The number of thiazole rings is 1. The summed E-state index contributed by atoms with van der Waals surface area (Å²) in [6.45, 7) is 8.73. The van der Waals surface area contributed by atoms with Gasteiger partial charge in [-0.2, -0.15) is 0 Å². The Morgan fingerprint density at radius 1 is 1.22 bits per heavy atom. The Kier molecular flexibility index (Phi) is 11.0. The molecule has 1 heterocycles. The van der Waals surface area contributed by atoms with Crippen molar-refractivity contribution in [3.05, 3.63) is 52.0 Å². The molecule has 0 saturated heterocycles. The third-order valence-electron chi connectivity index (χ3n) is 3.74. The van der Waals surface area contributed by atoms with Crippen molar-refractivity contribution in [2.45, 2.75) is 33.9 Å². The van der Waals surface area contributed by atoms with E-state index in [9.17, 15) is 4.79 Å². The molecular weight excluding hydrogens is 473 g/mol. The Hall–Kier alpha value is -1.68. The van der Waals surface area contributed by atoms with Crippen LogP contribution in [0.15, 0.2) is 41.5 Å². The van der Waals surface area contributed by atoms with Gasteiger partial charge in [-0.25, -0.2) is 9.98 Å². The van der Waals surface area contributed by atoms with Crippen LogP contribution in [0, 0.1) is 6.92 Å². The number of guanidine groups is 1. The van der Waals surface area contributed by atoms with E-state index < -0.39 is 0 Å². The highest BCUT2D eigenvalue weighted by atomic mass is 127. The number of benzene rings is 1. The first-order valence-electron chi connectivity index (χ1n) is 8.87. The summed E-state index contributed by atoms with van der Waals surface area (Å²) in [5, 5.41) is 7.39. The molecule has 2 aromatic rings. The number of carbonyl (C=O) groups is 1. The second kappa shape index (κ2) is 12.7. The van der Waals surface area contributed by atoms with Crippen molar-refractivity contribution in [2.24, 2.45) is 4.99 Å². The third kappa shape index (κ3) is 8.25. The minimum absolute atomic E-state index is 0. The van der Waals surface area contributed by atoms with Gasteiger partial charge in [0.25, 0.3) is 0 Å². The van der Waals surface area contributed by atoms with E-state index in [0.717, 1.165) is 17.1 Å². The van der Waals surface area contributed by atoms with E-state index in [0.29, 0.717) is 25.6 Å². The molecule has 2 N–H and O–H groups in total. The lowest BCUT2D eigenvalue weighted by molar-refractivity contribution is -0.130. The van der Waals surface area contributed by atoms with E-state index in [1.54, 1.807) is 11.3 Å². The number of amides is 1. The molecule has 6 nitrogen and oxygen atoms in total. The first-order chi connectivity index (χ1) is 12.6. The lowest BCUT2D eigenvalue weighted by Crippen LogP contribution is -2.38. The summed E-state index contributed by atoms with van der Waals surface area (Å²) >= 11 is 1.65. The normalized spacial score (nSPS) is 10.9. The molecule has 0 atom stereocenters. The molecule has 8 heteroatoms. The van der Waals surface area contributed by atoms with Gasteiger partial charge in [-0.3, -0.25) is 4.79 Å². The van der Waals surface area contributed by atoms with Crippen LogP contribution < -0.4 is 10.6 Å². The minimum Gasteiger partial charge on any atom is -0.357 e. The van der Waals surface area contributed by atoms with Crippen LogP contribution in [0.2, 0.25) is 0 Å². The Labute approximate surface area is 182 Å². The van der Waals surface area contributed by atoms with Gasteiger partial charge in [-0.1, -0.05) is 30.3 Å². The molecular formula is C19H28IN5OS. The van der Waals surface area contributed by atoms with Crippen LogP contribution in [0.4, 0.5) is 0 Å². The highest BCUT2D eigenvalue weighted by Gasteiger charge is 2.12. The van der Waals surface area contributed by atoms with Gasteiger partial charge in [-0.05, 0) is 26.3 Å². The number of carbonyl (C=O) groups excluding carboxylic acids is 1. The summed E-state index contributed by atoms with van der Waals surface area (Å²) in [6.07, 6.45) is 1.86. The molecule has 0 fully saturated rings. The van der Waals surface area contributed by atoms with Crippen LogP contribution in [0.25, 0.3) is 0 Å². The summed E-state index contributed by atoms with van der Waals surface area (Å²) in [4.78, 5) is 24.3. The number of nitrogens with zero attached hydrogens (tertiary/aromatic N) is 3. The zero-order valence-corrected chi connectivity index (χ0v) is 19.2. The lowest BCUT2D eigenvalue weighted by Gasteiger charge is -2.20. The maximum absolute atomic E-state index is 12.5. The van der Waals surface area contributed by atoms with Crippen molar-refractivity contribution >= 4 is 47.2 Å². The molecule has 0 aliphatic carbocycles. The van der Waals surface area contributed by atoms with E-state index in [-0.39, 0.29) is 36.4 Å². The zero-order valence-electron chi connectivity index (χ0n) is 16.1. The molecule has 0 aliphatic heterocycles. The maximum Gasteiger partial charge on any atom is 0.244 e.